The minimum atomic E-state index is -0.219. The van der Waals surface area contributed by atoms with Crippen LogP contribution in [0, 0.1) is 6.92 Å². The molecule has 0 bridgehead atoms. The number of rotatable bonds is 4. The second-order valence-electron chi connectivity index (χ2n) is 5.03. The van der Waals surface area contributed by atoms with Crippen LogP contribution in [0.4, 0.5) is 10.5 Å². The zero-order valence-corrected chi connectivity index (χ0v) is 13.6. The molecule has 2 amide bonds. The van der Waals surface area contributed by atoms with Crippen molar-refractivity contribution in [3.05, 3.63) is 58.6 Å². The highest BCUT2D eigenvalue weighted by atomic mass is 35.5. The van der Waals surface area contributed by atoms with Gasteiger partial charge in [-0.15, -0.1) is 0 Å². The number of carbonyl (C=O) groups excluding carboxylic acids is 1. The van der Waals surface area contributed by atoms with Crippen molar-refractivity contribution >= 4 is 23.3 Å². The van der Waals surface area contributed by atoms with E-state index in [1.165, 1.54) is 7.11 Å². The fraction of sp³-hybridized carbons (Fsp3) is 0.235. The van der Waals surface area contributed by atoms with E-state index in [4.69, 9.17) is 16.3 Å². The van der Waals surface area contributed by atoms with Crippen LogP contribution in [0.2, 0.25) is 5.02 Å². The molecule has 0 saturated carbocycles. The second kappa shape index (κ2) is 7.18. The number of nitrogens with one attached hydrogen (secondary N) is 1. The number of amides is 2. The minimum absolute atomic E-state index is 0.219. The number of aryl methyl sites for hydroxylation is 1. The summed E-state index contributed by atoms with van der Waals surface area (Å²) in [7, 11) is 3.27. The maximum Gasteiger partial charge on any atom is 0.321 e. The highest BCUT2D eigenvalue weighted by molar-refractivity contribution is 6.32. The molecule has 22 heavy (non-hydrogen) atoms. The van der Waals surface area contributed by atoms with Crippen LogP contribution < -0.4 is 10.1 Å². The Morgan fingerprint density at radius 2 is 1.95 bits per heavy atom. The number of hydrogen-bond donors (Lipinski definition) is 1. The predicted molar refractivity (Wildman–Crippen MR) is 89.7 cm³/mol. The first-order valence-corrected chi connectivity index (χ1v) is 7.30. The van der Waals surface area contributed by atoms with Gasteiger partial charge in [0.1, 0.15) is 0 Å². The van der Waals surface area contributed by atoms with Crippen molar-refractivity contribution in [1.82, 2.24) is 4.90 Å². The maximum atomic E-state index is 12.3. The fourth-order valence-electron chi connectivity index (χ4n) is 2.14. The van der Waals surface area contributed by atoms with E-state index in [0.717, 1.165) is 11.1 Å². The number of benzene rings is 2. The summed E-state index contributed by atoms with van der Waals surface area (Å²) in [6, 6.07) is 13.0. The first-order chi connectivity index (χ1) is 10.5. The molecular weight excluding hydrogens is 300 g/mol. The highest BCUT2D eigenvalue weighted by Gasteiger charge is 2.14. The van der Waals surface area contributed by atoms with Gasteiger partial charge < -0.3 is 15.0 Å². The third-order valence-electron chi connectivity index (χ3n) is 3.43. The Bertz CT molecular complexity index is 673. The third-order valence-corrected chi connectivity index (χ3v) is 3.73. The van der Waals surface area contributed by atoms with Gasteiger partial charge in [0.05, 0.1) is 17.8 Å². The van der Waals surface area contributed by atoms with Crippen molar-refractivity contribution in [2.75, 3.05) is 19.5 Å². The van der Waals surface area contributed by atoms with Crippen LogP contribution >= 0.6 is 11.6 Å². The van der Waals surface area contributed by atoms with E-state index < -0.39 is 0 Å². The van der Waals surface area contributed by atoms with Crippen LogP contribution in [0.15, 0.2) is 42.5 Å². The van der Waals surface area contributed by atoms with Crippen molar-refractivity contribution in [2.24, 2.45) is 0 Å². The average molecular weight is 319 g/mol. The molecule has 0 saturated heterocycles. The van der Waals surface area contributed by atoms with Crippen molar-refractivity contribution in [1.29, 1.82) is 0 Å². The molecule has 0 aliphatic rings. The molecule has 116 valence electrons. The van der Waals surface area contributed by atoms with Gasteiger partial charge in [-0.25, -0.2) is 4.79 Å². The van der Waals surface area contributed by atoms with Gasteiger partial charge in [0.15, 0.2) is 5.75 Å². The van der Waals surface area contributed by atoms with Crippen molar-refractivity contribution in [3.63, 3.8) is 0 Å². The molecule has 1 N–H and O–H groups in total. The largest absolute Gasteiger partial charge is 0.493 e. The topological polar surface area (TPSA) is 41.6 Å². The smallest absolute Gasteiger partial charge is 0.321 e. The number of hydrogen-bond acceptors (Lipinski definition) is 2. The fourth-order valence-corrected chi connectivity index (χ4v) is 2.39. The average Bonchev–Trinajstić information content (AvgIpc) is 2.49. The Morgan fingerprint density at radius 1 is 1.23 bits per heavy atom. The van der Waals surface area contributed by atoms with Crippen LogP contribution in [0.25, 0.3) is 0 Å². The summed E-state index contributed by atoms with van der Waals surface area (Å²) in [6.45, 7) is 2.56. The lowest BCUT2D eigenvalue weighted by molar-refractivity contribution is 0.220. The van der Waals surface area contributed by atoms with Gasteiger partial charge >= 0.3 is 6.03 Å². The summed E-state index contributed by atoms with van der Waals surface area (Å²) in [5.41, 5.74) is 2.82. The number of anilines is 1. The molecule has 5 heteroatoms. The predicted octanol–water partition coefficient (Wildman–Crippen LogP) is 4.32. The molecule has 2 aromatic carbocycles. The summed E-state index contributed by atoms with van der Waals surface area (Å²) in [5, 5.41) is 3.28. The van der Waals surface area contributed by atoms with E-state index in [9.17, 15) is 4.79 Å². The van der Waals surface area contributed by atoms with Gasteiger partial charge in [-0.3, -0.25) is 0 Å². The molecule has 0 atom stereocenters. The molecule has 2 rings (SSSR count). The summed E-state index contributed by atoms with van der Waals surface area (Å²) in [6.07, 6.45) is 0. The van der Waals surface area contributed by atoms with Crippen molar-refractivity contribution in [2.45, 2.75) is 13.5 Å². The molecule has 4 nitrogen and oxygen atoms in total. The lowest BCUT2D eigenvalue weighted by Crippen LogP contribution is -2.31. The Hall–Kier alpha value is -2.20. The number of methoxy groups -OCH3 is 1. The SMILES string of the molecule is COc1c(Cl)cccc1NC(=O)N(C)Cc1ccccc1C. The number of carbonyl (C=O) groups is 1. The standard InChI is InChI=1S/C17H19ClN2O2/c1-12-7-4-5-8-13(12)11-20(2)17(21)19-15-10-6-9-14(18)16(15)22-3/h4-10H,11H2,1-3H3,(H,19,21). The van der Waals surface area contributed by atoms with E-state index >= 15 is 0 Å². The van der Waals surface area contributed by atoms with Gasteiger partial charge in [0.25, 0.3) is 0 Å². The number of para-hydroxylation sites is 1. The zero-order chi connectivity index (χ0) is 16.1. The van der Waals surface area contributed by atoms with Crippen molar-refractivity contribution < 1.29 is 9.53 Å². The second-order valence-corrected chi connectivity index (χ2v) is 5.44. The molecule has 0 aliphatic carbocycles. The molecule has 0 aliphatic heterocycles. The molecule has 0 heterocycles. The summed E-state index contributed by atoms with van der Waals surface area (Å²) in [4.78, 5) is 13.9. The number of urea groups is 1. The lowest BCUT2D eigenvalue weighted by atomic mass is 10.1. The molecule has 0 fully saturated rings. The summed E-state index contributed by atoms with van der Waals surface area (Å²) >= 11 is 6.05. The van der Waals surface area contributed by atoms with Crippen LogP contribution in [-0.4, -0.2) is 25.1 Å². The number of halogens is 1. The summed E-state index contributed by atoms with van der Waals surface area (Å²) < 4.78 is 5.23. The Kier molecular flexibility index (Phi) is 5.28. The first-order valence-electron chi connectivity index (χ1n) is 6.92. The Balaban J connectivity index is 2.09. The first kappa shape index (κ1) is 16.2. The Labute approximate surface area is 135 Å². The molecule has 0 unspecified atom stereocenters. The number of nitrogens with zero attached hydrogens (tertiary/aromatic N) is 1. The molecule has 2 aromatic rings. The lowest BCUT2D eigenvalue weighted by Gasteiger charge is -2.20. The quantitative estimate of drug-likeness (QED) is 0.912. The van der Waals surface area contributed by atoms with E-state index in [1.54, 1.807) is 30.1 Å². The minimum Gasteiger partial charge on any atom is -0.493 e. The van der Waals surface area contributed by atoms with Gasteiger partial charge in [0.2, 0.25) is 0 Å². The van der Waals surface area contributed by atoms with Crippen LogP contribution in [0.3, 0.4) is 0 Å². The molecule has 0 spiro atoms. The van der Waals surface area contributed by atoms with Crippen LogP contribution in [-0.2, 0) is 6.54 Å². The van der Waals surface area contributed by atoms with Gasteiger partial charge in [0, 0.05) is 13.6 Å². The van der Waals surface area contributed by atoms with Crippen molar-refractivity contribution in [3.8, 4) is 5.75 Å². The summed E-state index contributed by atoms with van der Waals surface area (Å²) in [5.74, 6) is 0.460. The third kappa shape index (κ3) is 3.71. The molecule has 0 radical (unpaired) electrons. The Morgan fingerprint density at radius 3 is 2.64 bits per heavy atom. The zero-order valence-electron chi connectivity index (χ0n) is 12.9. The highest BCUT2D eigenvalue weighted by Crippen LogP contribution is 2.32. The van der Waals surface area contributed by atoms with Gasteiger partial charge in [-0.2, -0.15) is 0 Å². The van der Waals surface area contributed by atoms with E-state index in [-0.39, 0.29) is 6.03 Å². The molecular formula is C17H19ClN2O2. The van der Waals surface area contributed by atoms with E-state index in [1.807, 2.05) is 31.2 Å². The van der Waals surface area contributed by atoms with Gasteiger partial charge in [-0.1, -0.05) is 41.9 Å². The van der Waals surface area contributed by atoms with E-state index in [2.05, 4.69) is 5.32 Å². The maximum absolute atomic E-state index is 12.3. The normalized spacial score (nSPS) is 10.2. The molecule has 0 aromatic heterocycles. The van der Waals surface area contributed by atoms with Crippen LogP contribution in [0.5, 0.6) is 5.75 Å². The van der Waals surface area contributed by atoms with Gasteiger partial charge in [-0.05, 0) is 30.2 Å². The number of ether oxygens (including phenoxy) is 1. The van der Waals surface area contributed by atoms with Crippen LogP contribution in [0.1, 0.15) is 11.1 Å². The van der Waals surface area contributed by atoms with E-state index in [0.29, 0.717) is 23.0 Å². The monoisotopic (exact) mass is 318 g/mol.